The SMILES string of the molecule is CCCCCCOc1ncnc(N)c1[N+](=O)[O-]. The minimum Gasteiger partial charge on any atom is -0.473 e. The van der Waals surface area contributed by atoms with E-state index in [0.717, 1.165) is 32.0 Å². The molecule has 7 nitrogen and oxygen atoms in total. The highest BCUT2D eigenvalue weighted by molar-refractivity contribution is 5.57. The van der Waals surface area contributed by atoms with E-state index in [2.05, 4.69) is 16.9 Å². The molecule has 1 aromatic heterocycles. The molecule has 17 heavy (non-hydrogen) atoms. The third-order valence-corrected chi connectivity index (χ3v) is 2.24. The number of unbranched alkanes of at least 4 members (excludes halogenated alkanes) is 3. The fourth-order valence-electron chi connectivity index (χ4n) is 1.35. The smallest absolute Gasteiger partial charge is 0.372 e. The van der Waals surface area contributed by atoms with Crippen molar-refractivity contribution in [2.75, 3.05) is 12.3 Å². The third-order valence-electron chi connectivity index (χ3n) is 2.24. The molecule has 1 heterocycles. The molecule has 1 rings (SSSR count). The van der Waals surface area contributed by atoms with Gasteiger partial charge in [0, 0.05) is 0 Å². The van der Waals surface area contributed by atoms with Crippen LogP contribution < -0.4 is 10.5 Å². The van der Waals surface area contributed by atoms with Crippen molar-refractivity contribution in [1.29, 1.82) is 0 Å². The van der Waals surface area contributed by atoms with Crippen LogP contribution in [0.15, 0.2) is 6.33 Å². The maximum atomic E-state index is 10.7. The van der Waals surface area contributed by atoms with Crippen LogP contribution in [0.4, 0.5) is 11.5 Å². The monoisotopic (exact) mass is 240 g/mol. The molecule has 0 aliphatic carbocycles. The van der Waals surface area contributed by atoms with Crippen molar-refractivity contribution in [2.24, 2.45) is 0 Å². The summed E-state index contributed by atoms with van der Waals surface area (Å²) in [6.07, 6.45) is 5.28. The molecule has 0 saturated heterocycles. The molecule has 0 fully saturated rings. The molecule has 94 valence electrons. The van der Waals surface area contributed by atoms with Gasteiger partial charge in [0.2, 0.25) is 5.82 Å². The maximum Gasteiger partial charge on any atom is 0.372 e. The second-order valence-corrected chi connectivity index (χ2v) is 3.58. The predicted octanol–water partition coefficient (Wildman–Crippen LogP) is 1.93. The van der Waals surface area contributed by atoms with Crippen LogP contribution in [0.1, 0.15) is 32.6 Å². The van der Waals surface area contributed by atoms with Gasteiger partial charge in [0.1, 0.15) is 6.33 Å². The molecule has 0 spiro atoms. The molecule has 1 aromatic rings. The topological polar surface area (TPSA) is 104 Å². The summed E-state index contributed by atoms with van der Waals surface area (Å²) in [5.41, 5.74) is 5.04. The average molecular weight is 240 g/mol. The van der Waals surface area contributed by atoms with Crippen molar-refractivity contribution < 1.29 is 9.66 Å². The van der Waals surface area contributed by atoms with Crippen molar-refractivity contribution in [1.82, 2.24) is 9.97 Å². The van der Waals surface area contributed by atoms with E-state index < -0.39 is 4.92 Å². The van der Waals surface area contributed by atoms with E-state index in [1.54, 1.807) is 0 Å². The van der Waals surface area contributed by atoms with Crippen LogP contribution in [0.5, 0.6) is 5.88 Å². The number of ether oxygens (including phenoxy) is 1. The first-order valence-corrected chi connectivity index (χ1v) is 5.54. The molecule has 0 amide bonds. The number of anilines is 1. The van der Waals surface area contributed by atoms with Crippen LogP contribution in [-0.2, 0) is 0 Å². The molecule has 0 aliphatic rings. The summed E-state index contributed by atoms with van der Waals surface area (Å²) >= 11 is 0. The number of hydrogen-bond donors (Lipinski definition) is 1. The van der Waals surface area contributed by atoms with E-state index in [-0.39, 0.29) is 17.4 Å². The highest BCUT2D eigenvalue weighted by atomic mass is 16.6. The minimum atomic E-state index is -0.628. The lowest BCUT2D eigenvalue weighted by atomic mass is 10.2. The molecule has 0 unspecified atom stereocenters. The molecule has 0 radical (unpaired) electrons. The number of nitrogens with zero attached hydrogens (tertiary/aromatic N) is 3. The summed E-state index contributed by atoms with van der Waals surface area (Å²) in [6, 6.07) is 0. The van der Waals surface area contributed by atoms with Gasteiger partial charge in [-0.2, -0.15) is 4.98 Å². The van der Waals surface area contributed by atoms with Gasteiger partial charge in [-0.3, -0.25) is 10.1 Å². The number of hydrogen-bond acceptors (Lipinski definition) is 6. The van der Waals surface area contributed by atoms with Crippen LogP contribution in [-0.4, -0.2) is 21.5 Å². The zero-order valence-electron chi connectivity index (χ0n) is 9.76. The third kappa shape index (κ3) is 3.86. The van der Waals surface area contributed by atoms with Crippen LogP contribution in [0.2, 0.25) is 0 Å². The van der Waals surface area contributed by atoms with Crippen molar-refractivity contribution in [2.45, 2.75) is 32.6 Å². The van der Waals surface area contributed by atoms with Crippen molar-refractivity contribution in [3.63, 3.8) is 0 Å². The molecular formula is C10H16N4O3. The lowest BCUT2D eigenvalue weighted by Crippen LogP contribution is -2.06. The number of rotatable bonds is 7. The van der Waals surface area contributed by atoms with Gasteiger partial charge in [-0.1, -0.05) is 26.2 Å². The van der Waals surface area contributed by atoms with Gasteiger partial charge >= 0.3 is 5.69 Å². The minimum absolute atomic E-state index is 0.0565. The summed E-state index contributed by atoms with van der Waals surface area (Å²) in [7, 11) is 0. The quantitative estimate of drug-likeness (QED) is 0.443. The second-order valence-electron chi connectivity index (χ2n) is 3.58. The summed E-state index contributed by atoms with van der Waals surface area (Å²) in [6.45, 7) is 2.51. The van der Waals surface area contributed by atoms with E-state index in [1.807, 2.05) is 0 Å². The van der Waals surface area contributed by atoms with E-state index in [0.29, 0.717) is 6.61 Å². The van der Waals surface area contributed by atoms with Gasteiger partial charge in [0.25, 0.3) is 5.88 Å². The Bertz CT molecular complexity index is 384. The lowest BCUT2D eigenvalue weighted by Gasteiger charge is -2.05. The van der Waals surface area contributed by atoms with Crippen molar-refractivity contribution in [3.05, 3.63) is 16.4 Å². The predicted molar refractivity (Wildman–Crippen MR) is 62.7 cm³/mol. The molecular weight excluding hydrogens is 224 g/mol. The lowest BCUT2D eigenvalue weighted by molar-refractivity contribution is -0.385. The summed E-state index contributed by atoms with van der Waals surface area (Å²) < 4.78 is 5.25. The largest absolute Gasteiger partial charge is 0.473 e. The first kappa shape index (κ1) is 13.1. The molecule has 0 aromatic carbocycles. The van der Waals surface area contributed by atoms with E-state index in [9.17, 15) is 10.1 Å². The highest BCUT2D eigenvalue weighted by Crippen LogP contribution is 2.28. The van der Waals surface area contributed by atoms with Crippen LogP contribution in [0.3, 0.4) is 0 Å². The maximum absolute atomic E-state index is 10.7. The molecule has 0 bridgehead atoms. The first-order valence-electron chi connectivity index (χ1n) is 5.54. The van der Waals surface area contributed by atoms with Crippen LogP contribution >= 0.6 is 0 Å². The number of aromatic nitrogens is 2. The number of nitrogen functional groups attached to an aromatic ring is 1. The standard InChI is InChI=1S/C10H16N4O3/c1-2-3-4-5-6-17-10-8(14(15)16)9(11)12-7-13-10/h7H,2-6H2,1H3,(H2,11,12,13). The Morgan fingerprint density at radius 1 is 1.41 bits per heavy atom. The van der Waals surface area contributed by atoms with E-state index in [4.69, 9.17) is 10.5 Å². The van der Waals surface area contributed by atoms with Gasteiger partial charge in [-0.05, 0) is 6.42 Å². The Kier molecular flexibility index (Phi) is 5.12. The van der Waals surface area contributed by atoms with Gasteiger partial charge in [0.15, 0.2) is 0 Å². The molecule has 7 heteroatoms. The number of nitro groups is 1. The summed E-state index contributed by atoms with van der Waals surface area (Å²) in [4.78, 5) is 17.4. The van der Waals surface area contributed by atoms with Gasteiger partial charge < -0.3 is 10.5 Å². The molecule has 0 aliphatic heterocycles. The highest BCUT2D eigenvalue weighted by Gasteiger charge is 2.22. The molecule has 2 N–H and O–H groups in total. The zero-order chi connectivity index (χ0) is 12.7. The molecule has 0 saturated carbocycles. The summed E-state index contributed by atoms with van der Waals surface area (Å²) in [5.74, 6) is -0.229. The fraction of sp³-hybridized carbons (Fsp3) is 0.600. The Morgan fingerprint density at radius 2 is 2.18 bits per heavy atom. The van der Waals surface area contributed by atoms with Crippen molar-refractivity contribution >= 4 is 11.5 Å². The fourth-order valence-corrected chi connectivity index (χ4v) is 1.35. The van der Waals surface area contributed by atoms with Gasteiger partial charge in [0.05, 0.1) is 11.5 Å². The Balaban J connectivity index is 2.58. The molecule has 0 atom stereocenters. The van der Waals surface area contributed by atoms with Gasteiger partial charge in [-0.15, -0.1) is 0 Å². The van der Waals surface area contributed by atoms with E-state index >= 15 is 0 Å². The Labute approximate surface area is 99.2 Å². The number of nitrogens with two attached hydrogens (primary N) is 1. The van der Waals surface area contributed by atoms with Gasteiger partial charge in [-0.25, -0.2) is 4.98 Å². The Hall–Kier alpha value is -1.92. The van der Waals surface area contributed by atoms with Crippen LogP contribution in [0.25, 0.3) is 0 Å². The summed E-state index contributed by atoms with van der Waals surface area (Å²) in [5, 5.41) is 10.7. The normalized spacial score (nSPS) is 10.2. The second kappa shape index (κ2) is 6.62. The average Bonchev–Trinajstić information content (AvgIpc) is 2.28. The first-order chi connectivity index (χ1) is 8.16. The van der Waals surface area contributed by atoms with E-state index in [1.165, 1.54) is 0 Å². The van der Waals surface area contributed by atoms with Crippen LogP contribution in [0, 0.1) is 10.1 Å². The Morgan fingerprint density at radius 3 is 2.82 bits per heavy atom. The van der Waals surface area contributed by atoms with Crippen molar-refractivity contribution in [3.8, 4) is 5.88 Å². The zero-order valence-corrected chi connectivity index (χ0v) is 9.76.